The van der Waals surface area contributed by atoms with Crippen LogP contribution in [0, 0.1) is 0 Å². The van der Waals surface area contributed by atoms with Crippen LogP contribution in [0.4, 0.5) is 0 Å². The number of halogens is 1. The first-order chi connectivity index (χ1) is 15.6. The molecule has 0 aliphatic rings. The lowest BCUT2D eigenvalue weighted by Gasteiger charge is -2.11. The Bertz CT molecular complexity index is 1240. The van der Waals surface area contributed by atoms with Crippen LogP contribution in [0.3, 0.4) is 0 Å². The predicted molar refractivity (Wildman–Crippen MR) is 128 cm³/mol. The van der Waals surface area contributed by atoms with Gasteiger partial charge in [0.15, 0.2) is 11.5 Å². The highest BCUT2D eigenvalue weighted by Crippen LogP contribution is 2.28. The molecule has 0 spiro atoms. The average Bonchev–Trinajstić information content (AvgIpc) is 3.20. The van der Waals surface area contributed by atoms with E-state index < -0.39 is 0 Å². The molecule has 32 heavy (non-hydrogen) atoms. The summed E-state index contributed by atoms with van der Waals surface area (Å²) in [5.41, 5.74) is 4.76. The standard InChI is InChI=1S/C25H24BrN3O3/c1-31-21-12-6-17(15-22(21)32-2)16-27-24(30)13-11-20-25(18-7-9-19(26)10-8-18)28-23-5-3-4-14-29(20)23/h3-10,12,14-15H,11,13,16H2,1-2H3,(H,27,30). The van der Waals surface area contributed by atoms with Gasteiger partial charge in [0.25, 0.3) is 0 Å². The molecule has 0 radical (unpaired) electrons. The van der Waals surface area contributed by atoms with Gasteiger partial charge in [-0.3, -0.25) is 4.79 Å². The number of carbonyl (C=O) groups excluding carboxylic acids is 1. The number of aromatic nitrogens is 2. The van der Waals surface area contributed by atoms with E-state index in [-0.39, 0.29) is 5.91 Å². The quantitative estimate of drug-likeness (QED) is 0.373. The second kappa shape index (κ2) is 9.87. The lowest BCUT2D eigenvalue weighted by molar-refractivity contribution is -0.121. The zero-order valence-electron chi connectivity index (χ0n) is 18.0. The van der Waals surface area contributed by atoms with Crippen LogP contribution in [0.2, 0.25) is 0 Å². The summed E-state index contributed by atoms with van der Waals surface area (Å²) in [5, 5.41) is 2.99. The average molecular weight is 494 g/mol. The van der Waals surface area contributed by atoms with Crippen LogP contribution in [0.15, 0.2) is 71.3 Å². The van der Waals surface area contributed by atoms with Crippen molar-refractivity contribution >= 4 is 27.5 Å². The van der Waals surface area contributed by atoms with Crippen LogP contribution in [0.25, 0.3) is 16.9 Å². The third-order valence-corrected chi connectivity index (χ3v) is 5.80. The summed E-state index contributed by atoms with van der Waals surface area (Å²) >= 11 is 3.48. The zero-order valence-corrected chi connectivity index (χ0v) is 19.6. The molecule has 1 N–H and O–H groups in total. The van der Waals surface area contributed by atoms with Gasteiger partial charge >= 0.3 is 0 Å². The number of aryl methyl sites for hydroxylation is 1. The van der Waals surface area contributed by atoms with Gasteiger partial charge in [-0.15, -0.1) is 0 Å². The maximum atomic E-state index is 12.6. The summed E-state index contributed by atoms with van der Waals surface area (Å²) in [4.78, 5) is 17.4. The molecule has 0 saturated heterocycles. The van der Waals surface area contributed by atoms with Crippen molar-refractivity contribution in [1.29, 1.82) is 0 Å². The van der Waals surface area contributed by atoms with Gasteiger partial charge in [0.05, 0.1) is 25.6 Å². The Hall–Kier alpha value is -3.32. The topological polar surface area (TPSA) is 64.9 Å². The Labute approximate surface area is 195 Å². The molecule has 0 bridgehead atoms. The highest BCUT2D eigenvalue weighted by molar-refractivity contribution is 9.10. The molecule has 0 unspecified atom stereocenters. The van der Waals surface area contributed by atoms with Crippen molar-refractivity contribution in [2.75, 3.05) is 14.2 Å². The molecule has 0 saturated carbocycles. The number of hydrogen-bond acceptors (Lipinski definition) is 4. The van der Waals surface area contributed by atoms with Crippen LogP contribution in [-0.2, 0) is 17.8 Å². The van der Waals surface area contributed by atoms with Crippen molar-refractivity contribution < 1.29 is 14.3 Å². The highest BCUT2D eigenvalue weighted by Gasteiger charge is 2.15. The van der Waals surface area contributed by atoms with E-state index in [0.29, 0.717) is 30.9 Å². The molecule has 7 heteroatoms. The number of benzene rings is 2. The van der Waals surface area contributed by atoms with Crippen molar-refractivity contribution in [3.63, 3.8) is 0 Å². The Balaban J connectivity index is 1.47. The van der Waals surface area contributed by atoms with Gasteiger partial charge in [-0.1, -0.05) is 40.2 Å². The van der Waals surface area contributed by atoms with E-state index in [1.54, 1.807) is 14.2 Å². The Kier molecular flexibility index (Phi) is 6.75. The number of imidazole rings is 1. The fourth-order valence-electron chi connectivity index (χ4n) is 3.64. The lowest BCUT2D eigenvalue weighted by Crippen LogP contribution is -2.23. The number of ether oxygens (including phenoxy) is 2. The summed E-state index contributed by atoms with van der Waals surface area (Å²) in [6, 6.07) is 19.6. The van der Waals surface area contributed by atoms with Crippen molar-refractivity contribution in [2.45, 2.75) is 19.4 Å². The number of nitrogens with zero attached hydrogens (tertiary/aromatic N) is 2. The molecular weight excluding hydrogens is 470 g/mol. The maximum absolute atomic E-state index is 12.6. The third-order valence-electron chi connectivity index (χ3n) is 5.27. The summed E-state index contributed by atoms with van der Waals surface area (Å²) in [6.45, 7) is 0.423. The van der Waals surface area contributed by atoms with Gasteiger partial charge in [0.1, 0.15) is 5.65 Å². The first-order valence-corrected chi connectivity index (χ1v) is 11.1. The van der Waals surface area contributed by atoms with E-state index in [1.165, 1.54) is 0 Å². The Morgan fingerprint density at radius 1 is 1.03 bits per heavy atom. The number of nitrogens with one attached hydrogen (secondary N) is 1. The molecular formula is C25H24BrN3O3. The molecule has 4 rings (SSSR count). The summed E-state index contributed by atoms with van der Waals surface area (Å²) in [5.74, 6) is 1.28. The molecule has 4 aromatic rings. The van der Waals surface area contributed by atoms with Crippen molar-refractivity contribution in [3.05, 3.63) is 82.6 Å². The van der Waals surface area contributed by atoms with Crippen LogP contribution in [0.1, 0.15) is 17.7 Å². The lowest BCUT2D eigenvalue weighted by atomic mass is 10.1. The van der Waals surface area contributed by atoms with Crippen molar-refractivity contribution in [3.8, 4) is 22.8 Å². The second-order valence-corrected chi connectivity index (χ2v) is 8.22. The van der Waals surface area contributed by atoms with E-state index in [2.05, 4.69) is 25.6 Å². The minimum atomic E-state index is -0.0209. The molecule has 164 valence electrons. The number of hydrogen-bond donors (Lipinski definition) is 1. The zero-order chi connectivity index (χ0) is 22.5. The van der Waals surface area contributed by atoms with Gasteiger partial charge in [0.2, 0.25) is 5.91 Å². The van der Waals surface area contributed by atoms with Gasteiger partial charge < -0.3 is 19.2 Å². The van der Waals surface area contributed by atoms with Crippen molar-refractivity contribution in [1.82, 2.24) is 14.7 Å². The number of fused-ring (bicyclic) bond motifs is 1. The smallest absolute Gasteiger partial charge is 0.220 e. The number of pyridine rings is 1. The predicted octanol–water partition coefficient (Wildman–Crippen LogP) is 5.03. The molecule has 6 nitrogen and oxygen atoms in total. The van der Waals surface area contributed by atoms with Gasteiger partial charge in [-0.05, 0) is 48.4 Å². The number of methoxy groups -OCH3 is 2. The van der Waals surface area contributed by atoms with E-state index >= 15 is 0 Å². The molecule has 0 atom stereocenters. The summed E-state index contributed by atoms with van der Waals surface area (Å²) in [6.07, 6.45) is 2.93. The number of carbonyl (C=O) groups is 1. The molecule has 1 amide bonds. The van der Waals surface area contributed by atoms with E-state index in [4.69, 9.17) is 14.5 Å². The van der Waals surface area contributed by atoms with Gasteiger partial charge in [-0.2, -0.15) is 0 Å². The maximum Gasteiger partial charge on any atom is 0.220 e. The molecule has 2 heterocycles. The van der Waals surface area contributed by atoms with Crippen LogP contribution >= 0.6 is 15.9 Å². The van der Waals surface area contributed by atoms with Crippen molar-refractivity contribution in [2.24, 2.45) is 0 Å². The van der Waals surface area contributed by atoms with E-state index in [1.807, 2.05) is 66.9 Å². The van der Waals surface area contributed by atoms with Crippen LogP contribution in [0.5, 0.6) is 11.5 Å². The summed E-state index contributed by atoms with van der Waals surface area (Å²) < 4.78 is 13.7. The van der Waals surface area contributed by atoms with E-state index in [9.17, 15) is 4.79 Å². The Morgan fingerprint density at radius 3 is 2.56 bits per heavy atom. The molecule has 0 aliphatic heterocycles. The normalized spacial score (nSPS) is 10.8. The second-order valence-electron chi connectivity index (χ2n) is 7.31. The number of amides is 1. The molecule has 2 aromatic carbocycles. The molecule has 0 fully saturated rings. The largest absolute Gasteiger partial charge is 0.493 e. The monoisotopic (exact) mass is 493 g/mol. The first-order valence-electron chi connectivity index (χ1n) is 10.3. The van der Waals surface area contributed by atoms with Crippen LogP contribution < -0.4 is 14.8 Å². The fourth-order valence-corrected chi connectivity index (χ4v) is 3.90. The fraction of sp³-hybridized carbons (Fsp3) is 0.200. The number of rotatable bonds is 8. The highest BCUT2D eigenvalue weighted by atomic mass is 79.9. The minimum Gasteiger partial charge on any atom is -0.493 e. The SMILES string of the molecule is COc1ccc(CNC(=O)CCc2c(-c3ccc(Br)cc3)nc3ccccn23)cc1OC. The first kappa shape index (κ1) is 21.9. The Morgan fingerprint density at radius 2 is 1.81 bits per heavy atom. The molecule has 0 aliphatic carbocycles. The third kappa shape index (κ3) is 4.78. The van der Waals surface area contributed by atoms with Gasteiger partial charge in [-0.25, -0.2) is 4.98 Å². The molecule has 2 aromatic heterocycles. The minimum absolute atomic E-state index is 0.0209. The van der Waals surface area contributed by atoms with E-state index in [0.717, 1.165) is 32.6 Å². The van der Waals surface area contributed by atoms with Gasteiger partial charge in [0, 0.05) is 29.2 Å². The van der Waals surface area contributed by atoms with Crippen LogP contribution in [-0.4, -0.2) is 29.5 Å². The summed E-state index contributed by atoms with van der Waals surface area (Å²) in [7, 11) is 3.20.